The van der Waals surface area contributed by atoms with Crippen LogP contribution in [-0.4, -0.2) is 30.7 Å². The average molecular weight is 323 g/mol. The molecule has 0 aliphatic carbocycles. The van der Waals surface area contributed by atoms with Crippen molar-refractivity contribution >= 4 is 17.0 Å². The molecule has 0 fully saturated rings. The van der Waals surface area contributed by atoms with E-state index >= 15 is 0 Å². The second-order valence-corrected chi connectivity index (χ2v) is 5.65. The van der Waals surface area contributed by atoms with Gasteiger partial charge in [0.15, 0.2) is 0 Å². The maximum Gasteiger partial charge on any atom is 0.0786 e. The second-order valence-electron chi connectivity index (χ2n) is 5.65. The topological polar surface area (TPSA) is 0 Å². The van der Waals surface area contributed by atoms with Crippen molar-refractivity contribution in [2.24, 2.45) is 0 Å². The molecule has 0 aliphatic heterocycles. The van der Waals surface area contributed by atoms with Gasteiger partial charge in [-0.3, -0.25) is 0 Å². The Kier molecular flexibility index (Phi) is 16.0. The summed E-state index contributed by atoms with van der Waals surface area (Å²) in [5.41, 5.74) is 0. The van der Waals surface area contributed by atoms with Crippen molar-refractivity contribution in [3.63, 3.8) is 0 Å². The molecule has 0 aromatic rings. The molecule has 0 N–H and O–H groups in total. The van der Waals surface area contributed by atoms with Gasteiger partial charge in [0.1, 0.15) is 0 Å². The van der Waals surface area contributed by atoms with Gasteiger partial charge in [-0.05, 0) is 25.7 Å². The van der Waals surface area contributed by atoms with Gasteiger partial charge in [0.25, 0.3) is 0 Å². The lowest BCUT2D eigenvalue weighted by molar-refractivity contribution is -0.929. The van der Waals surface area contributed by atoms with Crippen molar-refractivity contribution in [2.75, 3.05) is 26.2 Å². The summed E-state index contributed by atoms with van der Waals surface area (Å²) in [6, 6.07) is 0. The molecule has 112 valence electrons. The number of halogens is 1. The molecule has 0 saturated carbocycles. The van der Waals surface area contributed by atoms with Gasteiger partial charge in [-0.25, -0.2) is 0 Å². The van der Waals surface area contributed by atoms with Crippen LogP contribution in [0.15, 0.2) is 0 Å². The first kappa shape index (κ1) is 20.8. The molecule has 0 heterocycles. The summed E-state index contributed by atoms with van der Waals surface area (Å²) in [6.45, 7) is 15.0. The van der Waals surface area contributed by atoms with E-state index in [1.165, 1.54) is 82.0 Å². The van der Waals surface area contributed by atoms with Crippen molar-refractivity contribution in [1.29, 1.82) is 0 Å². The zero-order chi connectivity index (χ0) is 13.0. The molecule has 0 aromatic heterocycles. The van der Waals surface area contributed by atoms with Crippen LogP contribution in [0.25, 0.3) is 0 Å². The van der Waals surface area contributed by atoms with Gasteiger partial charge in [0, 0.05) is 0 Å². The molecule has 0 aliphatic rings. The van der Waals surface area contributed by atoms with Gasteiger partial charge in [0.05, 0.1) is 26.2 Å². The fraction of sp³-hybridized carbons (Fsp3) is 1.00. The third-order valence-electron chi connectivity index (χ3n) is 3.94. The zero-order valence-corrected chi connectivity index (χ0v) is 15.1. The smallest absolute Gasteiger partial charge is 0.0786 e. The number of rotatable bonds is 12. The highest BCUT2D eigenvalue weighted by Crippen LogP contribution is 2.16. The summed E-state index contributed by atoms with van der Waals surface area (Å²) in [7, 11) is 0. The highest BCUT2D eigenvalue weighted by atomic mass is 79.9. The first-order chi connectivity index (χ1) is 8.24. The Hall–Kier alpha value is 0.440. The lowest BCUT2D eigenvalue weighted by Crippen LogP contribution is -2.50. The van der Waals surface area contributed by atoms with Crippen LogP contribution in [-0.2, 0) is 0 Å². The van der Waals surface area contributed by atoms with Crippen LogP contribution < -0.4 is 0 Å². The Morgan fingerprint density at radius 1 is 0.500 bits per heavy atom. The van der Waals surface area contributed by atoms with E-state index in [9.17, 15) is 0 Å². The Morgan fingerprint density at radius 2 is 0.722 bits per heavy atom. The molecular formula is C16H37BrN+. The number of unbranched alkanes of at least 4 members (excludes halogenated alkanes) is 4. The molecule has 0 aromatic carbocycles. The number of nitrogens with zero attached hydrogens (tertiary/aromatic N) is 1. The van der Waals surface area contributed by atoms with Crippen LogP contribution in [0.2, 0.25) is 0 Å². The van der Waals surface area contributed by atoms with Gasteiger partial charge in [-0.2, -0.15) is 0 Å². The van der Waals surface area contributed by atoms with E-state index in [2.05, 4.69) is 27.7 Å². The number of hydrogen-bond acceptors (Lipinski definition) is 0. The molecule has 0 saturated heterocycles. The first-order valence-corrected chi connectivity index (χ1v) is 8.09. The van der Waals surface area contributed by atoms with Gasteiger partial charge in [0.2, 0.25) is 0 Å². The van der Waals surface area contributed by atoms with Crippen molar-refractivity contribution in [2.45, 2.75) is 79.1 Å². The third kappa shape index (κ3) is 9.38. The summed E-state index contributed by atoms with van der Waals surface area (Å²) in [5, 5.41) is 0. The first-order valence-electron chi connectivity index (χ1n) is 8.09. The van der Waals surface area contributed by atoms with E-state index < -0.39 is 0 Å². The predicted octanol–water partition coefficient (Wildman–Crippen LogP) is 5.58. The molecule has 2 heteroatoms. The molecule has 0 unspecified atom stereocenters. The quantitative estimate of drug-likeness (QED) is 0.411. The molecule has 0 spiro atoms. The lowest BCUT2D eigenvalue weighted by Gasteiger charge is -2.39. The van der Waals surface area contributed by atoms with E-state index in [0.29, 0.717) is 0 Å². The minimum absolute atomic E-state index is 0. The molecule has 18 heavy (non-hydrogen) atoms. The molecule has 0 bridgehead atoms. The van der Waals surface area contributed by atoms with Crippen LogP contribution in [0.4, 0.5) is 0 Å². The van der Waals surface area contributed by atoms with Crippen LogP contribution in [0, 0.1) is 0 Å². The van der Waals surface area contributed by atoms with Crippen molar-refractivity contribution in [3.8, 4) is 0 Å². The minimum atomic E-state index is 0. The summed E-state index contributed by atoms with van der Waals surface area (Å²) >= 11 is 0. The minimum Gasteiger partial charge on any atom is -0.324 e. The van der Waals surface area contributed by atoms with Gasteiger partial charge in [-0.1, -0.05) is 53.4 Å². The SMILES string of the molecule is Br.CCCC[N+](CCCC)(CCCC)CCCC. The summed E-state index contributed by atoms with van der Waals surface area (Å²) in [4.78, 5) is 0. The average Bonchev–Trinajstić information content (AvgIpc) is 2.37. The summed E-state index contributed by atoms with van der Waals surface area (Å²) in [5.74, 6) is 0. The van der Waals surface area contributed by atoms with Gasteiger partial charge in [-0.15, -0.1) is 17.0 Å². The fourth-order valence-corrected chi connectivity index (χ4v) is 2.64. The van der Waals surface area contributed by atoms with Gasteiger partial charge < -0.3 is 4.48 Å². The number of quaternary nitrogens is 1. The Balaban J connectivity index is 0. The number of hydrogen-bond donors (Lipinski definition) is 0. The lowest BCUT2D eigenvalue weighted by atomic mass is 10.1. The second kappa shape index (κ2) is 13.9. The standard InChI is InChI=1S/C16H36N.BrH/c1-5-9-13-17(14-10-6-2,15-11-7-3)16-12-8-4;/h5-16H2,1-4H3;1H/q+1;. The largest absolute Gasteiger partial charge is 0.324 e. The zero-order valence-electron chi connectivity index (χ0n) is 13.3. The fourth-order valence-electron chi connectivity index (χ4n) is 2.64. The van der Waals surface area contributed by atoms with Crippen LogP contribution in [0.1, 0.15) is 79.1 Å². The van der Waals surface area contributed by atoms with E-state index in [4.69, 9.17) is 0 Å². The van der Waals surface area contributed by atoms with Crippen LogP contribution in [0.3, 0.4) is 0 Å². The third-order valence-corrected chi connectivity index (χ3v) is 3.94. The van der Waals surface area contributed by atoms with E-state index in [-0.39, 0.29) is 17.0 Å². The van der Waals surface area contributed by atoms with E-state index in [1.54, 1.807) is 0 Å². The normalized spacial score (nSPS) is 11.3. The highest BCUT2D eigenvalue weighted by Gasteiger charge is 2.24. The van der Waals surface area contributed by atoms with Crippen molar-refractivity contribution in [1.82, 2.24) is 0 Å². The molecular weight excluding hydrogens is 286 g/mol. The van der Waals surface area contributed by atoms with Crippen LogP contribution in [0.5, 0.6) is 0 Å². The molecule has 1 nitrogen and oxygen atoms in total. The summed E-state index contributed by atoms with van der Waals surface area (Å²) < 4.78 is 1.42. The van der Waals surface area contributed by atoms with E-state index in [0.717, 1.165) is 0 Å². The maximum atomic E-state index is 2.33. The monoisotopic (exact) mass is 322 g/mol. The summed E-state index contributed by atoms with van der Waals surface area (Å²) in [6.07, 6.45) is 11.1. The van der Waals surface area contributed by atoms with Gasteiger partial charge >= 0.3 is 0 Å². The Labute approximate surface area is 127 Å². The molecule has 0 rings (SSSR count). The highest BCUT2D eigenvalue weighted by molar-refractivity contribution is 8.93. The van der Waals surface area contributed by atoms with E-state index in [1.807, 2.05) is 0 Å². The maximum absolute atomic E-state index is 2.33. The Bertz CT molecular complexity index is 122. The molecule has 0 amide bonds. The predicted molar refractivity (Wildman–Crippen MR) is 89.7 cm³/mol. The van der Waals surface area contributed by atoms with Crippen LogP contribution >= 0.6 is 17.0 Å². The van der Waals surface area contributed by atoms with Crippen molar-refractivity contribution in [3.05, 3.63) is 0 Å². The van der Waals surface area contributed by atoms with Crippen molar-refractivity contribution < 1.29 is 4.48 Å². The molecule has 0 radical (unpaired) electrons. The molecule has 0 atom stereocenters. The Morgan fingerprint density at radius 3 is 0.889 bits per heavy atom.